The molecular formula is C23H23N3O3S. The van der Waals surface area contributed by atoms with E-state index in [0.717, 1.165) is 28.3 Å². The maximum Gasteiger partial charge on any atom is 0.257 e. The van der Waals surface area contributed by atoms with Gasteiger partial charge in [-0.3, -0.25) is 4.79 Å². The van der Waals surface area contributed by atoms with Gasteiger partial charge >= 0.3 is 0 Å². The Morgan fingerprint density at radius 1 is 1.17 bits per heavy atom. The Balaban J connectivity index is 1.40. The van der Waals surface area contributed by atoms with Crippen molar-refractivity contribution in [2.24, 2.45) is 0 Å². The molecule has 0 radical (unpaired) electrons. The highest BCUT2D eigenvalue weighted by atomic mass is 32.2. The summed E-state index contributed by atoms with van der Waals surface area (Å²) in [5.74, 6) is 1.51. The van der Waals surface area contributed by atoms with E-state index in [4.69, 9.17) is 8.94 Å². The topological polar surface area (TPSA) is 81.2 Å². The summed E-state index contributed by atoms with van der Waals surface area (Å²) in [5.41, 5.74) is 5.17. The van der Waals surface area contributed by atoms with Crippen LogP contribution in [0.3, 0.4) is 0 Å². The summed E-state index contributed by atoms with van der Waals surface area (Å²) in [7, 11) is 0. The third-order valence-electron chi connectivity index (χ3n) is 4.93. The Bertz CT molecular complexity index is 1150. The SMILES string of the molecule is Cc1noc(C)c1[C@@H](C)CC(=O)Nc1ccc2oc(SCc3ccccc3)nc2c1. The van der Waals surface area contributed by atoms with Crippen LogP contribution in [0.4, 0.5) is 5.69 Å². The molecule has 1 atom stereocenters. The van der Waals surface area contributed by atoms with Crippen LogP contribution in [0.2, 0.25) is 0 Å². The van der Waals surface area contributed by atoms with Crippen molar-refractivity contribution in [3.05, 3.63) is 71.1 Å². The van der Waals surface area contributed by atoms with Gasteiger partial charge in [-0.1, -0.05) is 54.2 Å². The van der Waals surface area contributed by atoms with Gasteiger partial charge in [0.2, 0.25) is 5.91 Å². The molecule has 1 N–H and O–H groups in total. The number of benzene rings is 2. The van der Waals surface area contributed by atoms with Gasteiger partial charge in [-0.05, 0) is 43.5 Å². The molecular weight excluding hydrogens is 398 g/mol. The summed E-state index contributed by atoms with van der Waals surface area (Å²) in [6.07, 6.45) is 0.345. The van der Waals surface area contributed by atoms with Gasteiger partial charge in [-0.2, -0.15) is 0 Å². The molecule has 6 nitrogen and oxygen atoms in total. The summed E-state index contributed by atoms with van der Waals surface area (Å²) < 4.78 is 11.0. The van der Waals surface area contributed by atoms with Gasteiger partial charge in [0.1, 0.15) is 11.3 Å². The first-order valence-corrected chi connectivity index (χ1v) is 10.8. The van der Waals surface area contributed by atoms with Gasteiger partial charge in [0.15, 0.2) is 5.58 Å². The van der Waals surface area contributed by atoms with Crippen molar-refractivity contribution in [3.63, 3.8) is 0 Å². The number of carbonyl (C=O) groups is 1. The maximum atomic E-state index is 12.5. The number of anilines is 1. The van der Waals surface area contributed by atoms with E-state index in [-0.39, 0.29) is 11.8 Å². The third-order valence-corrected chi connectivity index (χ3v) is 5.83. The fraction of sp³-hybridized carbons (Fsp3) is 0.261. The molecule has 0 spiro atoms. The number of oxazole rings is 1. The Morgan fingerprint density at radius 2 is 1.97 bits per heavy atom. The number of thioether (sulfide) groups is 1. The van der Waals surface area contributed by atoms with Crippen LogP contribution in [-0.4, -0.2) is 16.0 Å². The number of aromatic nitrogens is 2. The maximum absolute atomic E-state index is 12.5. The van der Waals surface area contributed by atoms with Crippen LogP contribution in [0.1, 0.15) is 41.8 Å². The number of nitrogens with zero attached hydrogens (tertiary/aromatic N) is 2. The van der Waals surface area contributed by atoms with Crippen molar-refractivity contribution in [1.29, 1.82) is 0 Å². The molecule has 7 heteroatoms. The van der Waals surface area contributed by atoms with Gasteiger partial charge < -0.3 is 14.3 Å². The highest BCUT2D eigenvalue weighted by molar-refractivity contribution is 7.98. The summed E-state index contributed by atoms with van der Waals surface area (Å²) >= 11 is 1.55. The second-order valence-electron chi connectivity index (χ2n) is 7.33. The predicted molar refractivity (Wildman–Crippen MR) is 118 cm³/mol. The number of hydrogen-bond acceptors (Lipinski definition) is 6. The van der Waals surface area contributed by atoms with E-state index >= 15 is 0 Å². The standard InChI is InChI=1S/C23H23N3O3S/c1-14(22-15(2)26-29-16(22)3)11-21(27)24-18-9-10-20-19(12-18)25-23(28-20)30-13-17-7-5-4-6-8-17/h4-10,12,14H,11,13H2,1-3H3,(H,24,27)/t14-/m0/s1. The molecule has 0 aliphatic carbocycles. The zero-order valence-electron chi connectivity index (χ0n) is 17.1. The van der Waals surface area contributed by atoms with Crippen molar-refractivity contribution in [1.82, 2.24) is 10.1 Å². The number of nitrogens with one attached hydrogen (secondary N) is 1. The van der Waals surface area contributed by atoms with Crippen LogP contribution < -0.4 is 5.32 Å². The Labute approximate surface area is 179 Å². The van der Waals surface area contributed by atoms with Gasteiger partial charge in [0.05, 0.1) is 5.69 Å². The quantitative estimate of drug-likeness (QED) is 0.377. The summed E-state index contributed by atoms with van der Waals surface area (Å²) in [6.45, 7) is 5.77. The lowest BCUT2D eigenvalue weighted by Crippen LogP contribution is -2.14. The Hall–Kier alpha value is -3.06. The number of hydrogen-bond donors (Lipinski definition) is 1. The van der Waals surface area contributed by atoms with E-state index in [1.807, 2.05) is 57.2 Å². The van der Waals surface area contributed by atoms with Crippen LogP contribution in [0.25, 0.3) is 11.1 Å². The van der Waals surface area contributed by atoms with Gasteiger partial charge in [-0.25, -0.2) is 4.98 Å². The Morgan fingerprint density at radius 3 is 2.70 bits per heavy atom. The number of amides is 1. The average Bonchev–Trinajstić information content (AvgIpc) is 3.29. The van der Waals surface area contributed by atoms with Crippen LogP contribution in [0, 0.1) is 13.8 Å². The second kappa shape index (κ2) is 8.75. The van der Waals surface area contributed by atoms with Crippen molar-refractivity contribution in [2.45, 2.75) is 44.1 Å². The van der Waals surface area contributed by atoms with E-state index in [0.29, 0.717) is 22.9 Å². The van der Waals surface area contributed by atoms with Crippen molar-refractivity contribution >= 4 is 34.5 Å². The molecule has 4 aromatic rings. The first-order chi connectivity index (χ1) is 14.5. The average molecular weight is 422 g/mol. The molecule has 2 heterocycles. The van der Waals surface area contributed by atoms with Crippen molar-refractivity contribution in [3.8, 4) is 0 Å². The number of carbonyl (C=O) groups excluding carboxylic acids is 1. The fourth-order valence-electron chi connectivity index (χ4n) is 3.55. The number of fused-ring (bicyclic) bond motifs is 1. The van der Waals surface area contributed by atoms with E-state index in [1.54, 1.807) is 11.8 Å². The molecule has 0 saturated heterocycles. The summed E-state index contributed by atoms with van der Waals surface area (Å²) in [4.78, 5) is 17.1. The molecule has 0 saturated carbocycles. The van der Waals surface area contributed by atoms with Crippen molar-refractivity contribution < 1.29 is 13.7 Å². The minimum absolute atomic E-state index is 0.0213. The first-order valence-electron chi connectivity index (χ1n) is 9.79. The van der Waals surface area contributed by atoms with Crippen LogP contribution in [0.15, 0.2) is 62.7 Å². The molecule has 4 rings (SSSR count). The van der Waals surface area contributed by atoms with Crippen molar-refractivity contribution in [2.75, 3.05) is 5.32 Å². The third kappa shape index (κ3) is 4.57. The molecule has 30 heavy (non-hydrogen) atoms. The van der Waals surface area contributed by atoms with Crippen LogP contribution in [-0.2, 0) is 10.5 Å². The number of aryl methyl sites for hydroxylation is 2. The lowest BCUT2D eigenvalue weighted by atomic mass is 9.96. The van der Waals surface area contributed by atoms with Gasteiger partial charge in [0.25, 0.3) is 5.22 Å². The fourth-order valence-corrected chi connectivity index (χ4v) is 4.35. The van der Waals surface area contributed by atoms with Gasteiger partial charge in [-0.15, -0.1) is 0 Å². The molecule has 2 aromatic heterocycles. The van der Waals surface area contributed by atoms with Crippen LogP contribution >= 0.6 is 11.8 Å². The zero-order valence-corrected chi connectivity index (χ0v) is 18.0. The minimum Gasteiger partial charge on any atom is -0.431 e. The molecule has 154 valence electrons. The highest BCUT2D eigenvalue weighted by Crippen LogP contribution is 2.29. The normalized spacial score (nSPS) is 12.2. The van der Waals surface area contributed by atoms with E-state index in [1.165, 1.54) is 5.56 Å². The molecule has 0 unspecified atom stereocenters. The molecule has 2 aromatic carbocycles. The second-order valence-corrected chi connectivity index (χ2v) is 8.25. The lowest BCUT2D eigenvalue weighted by Gasteiger charge is -2.11. The lowest BCUT2D eigenvalue weighted by molar-refractivity contribution is -0.116. The largest absolute Gasteiger partial charge is 0.431 e. The molecule has 1 amide bonds. The van der Waals surface area contributed by atoms with Gasteiger partial charge in [0, 0.05) is 23.4 Å². The minimum atomic E-state index is -0.0657. The van der Waals surface area contributed by atoms with E-state index in [2.05, 4.69) is 27.6 Å². The molecule has 0 fully saturated rings. The van der Waals surface area contributed by atoms with E-state index < -0.39 is 0 Å². The zero-order chi connectivity index (χ0) is 21.1. The van der Waals surface area contributed by atoms with E-state index in [9.17, 15) is 4.79 Å². The highest BCUT2D eigenvalue weighted by Gasteiger charge is 2.19. The predicted octanol–water partition coefficient (Wildman–Crippen LogP) is 5.86. The smallest absolute Gasteiger partial charge is 0.257 e. The number of rotatable bonds is 7. The summed E-state index contributed by atoms with van der Waals surface area (Å²) in [5, 5.41) is 7.54. The first kappa shape index (κ1) is 20.2. The molecule has 0 bridgehead atoms. The van der Waals surface area contributed by atoms with Crippen LogP contribution in [0.5, 0.6) is 0 Å². The molecule has 0 aliphatic heterocycles. The Kier molecular flexibility index (Phi) is 5.90. The molecule has 0 aliphatic rings. The summed E-state index contributed by atoms with van der Waals surface area (Å²) in [6, 6.07) is 15.7. The monoisotopic (exact) mass is 421 g/mol.